The molecule has 2 aromatic carbocycles. The number of aromatic nitrogens is 2. The second-order valence-electron chi connectivity index (χ2n) is 6.80. The molecular weight excluding hydrogens is 427 g/mol. The Bertz CT molecular complexity index is 1090. The molecule has 0 aliphatic rings. The minimum Gasteiger partial charge on any atom is -0.497 e. The number of nitrogens with one attached hydrogen (secondary N) is 1. The Morgan fingerprint density at radius 1 is 1.06 bits per heavy atom. The molecule has 0 aliphatic carbocycles. The molecule has 0 atom stereocenters. The second kappa shape index (κ2) is 9.38. The summed E-state index contributed by atoms with van der Waals surface area (Å²) in [5.74, 6) is 0.0915. The van der Waals surface area contributed by atoms with Gasteiger partial charge in [0.25, 0.3) is 0 Å². The number of benzene rings is 2. The van der Waals surface area contributed by atoms with Gasteiger partial charge in [-0.2, -0.15) is 13.2 Å². The van der Waals surface area contributed by atoms with Crippen molar-refractivity contribution in [1.29, 1.82) is 0 Å². The number of aryl methyl sites for hydroxylation is 2. The molecule has 162 valence electrons. The van der Waals surface area contributed by atoms with Crippen LogP contribution in [0, 0.1) is 13.8 Å². The van der Waals surface area contributed by atoms with Gasteiger partial charge in [-0.25, -0.2) is 9.97 Å². The van der Waals surface area contributed by atoms with Gasteiger partial charge in [-0.3, -0.25) is 4.79 Å². The molecule has 5 nitrogen and oxygen atoms in total. The first kappa shape index (κ1) is 22.6. The van der Waals surface area contributed by atoms with E-state index in [9.17, 15) is 18.0 Å². The fraction of sp³-hybridized carbons (Fsp3) is 0.227. The van der Waals surface area contributed by atoms with Crippen molar-refractivity contribution in [3.05, 3.63) is 65.4 Å². The van der Waals surface area contributed by atoms with Gasteiger partial charge < -0.3 is 10.1 Å². The number of anilines is 1. The Morgan fingerprint density at radius 2 is 1.77 bits per heavy atom. The third kappa shape index (κ3) is 5.97. The molecule has 1 N–H and O–H groups in total. The molecule has 0 aliphatic heterocycles. The van der Waals surface area contributed by atoms with Crippen LogP contribution in [0.1, 0.15) is 16.8 Å². The number of thioether (sulfide) groups is 1. The van der Waals surface area contributed by atoms with E-state index in [4.69, 9.17) is 4.74 Å². The van der Waals surface area contributed by atoms with Gasteiger partial charge in [0.1, 0.15) is 11.4 Å². The smallest absolute Gasteiger partial charge is 0.433 e. The average Bonchev–Trinajstić information content (AvgIpc) is 2.74. The molecule has 31 heavy (non-hydrogen) atoms. The molecule has 0 radical (unpaired) electrons. The van der Waals surface area contributed by atoms with Gasteiger partial charge >= 0.3 is 6.18 Å². The Balaban J connectivity index is 1.81. The lowest BCUT2D eigenvalue weighted by molar-refractivity contribution is -0.141. The summed E-state index contributed by atoms with van der Waals surface area (Å²) in [5.41, 5.74) is 2.07. The number of carbonyl (C=O) groups is 1. The highest BCUT2D eigenvalue weighted by molar-refractivity contribution is 7.99. The number of carbonyl (C=O) groups excluding carboxylic acids is 1. The summed E-state index contributed by atoms with van der Waals surface area (Å²) in [4.78, 5) is 20.1. The maximum Gasteiger partial charge on any atom is 0.433 e. The predicted octanol–water partition coefficient (Wildman–Crippen LogP) is 5.52. The standard InChI is InChI=1S/C22H20F3N3O2S/c1-13-4-5-14(2)17(10-13)26-20(29)12-31-21-27-18(11-19(28-21)22(23,24)25)15-6-8-16(30-3)9-7-15/h4-11H,12H2,1-3H3,(H,26,29). The van der Waals surface area contributed by atoms with Crippen LogP contribution in [0.4, 0.5) is 18.9 Å². The number of hydrogen-bond donors (Lipinski definition) is 1. The molecule has 0 spiro atoms. The van der Waals surface area contributed by atoms with Crippen LogP contribution in [0.5, 0.6) is 5.75 Å². The minimum absolute atomic E-state index is 0.113. The topological polar surface area (TPSA) is 64.1 Å². The third-order valence-corrected chi connectivity index (χ3v) is 5.23. The Labute approximate surface area is 182 Å². The summed E-state index contributed by atoms with van der Waals surface area (Å²) >= 11 is 0.846. The van der Waals surface area contributed by atoms with Crippen molar-refractivity contribution < 1.29 is 22.7 Å². The molecular formula is C22H20F3N3O2S. The van der Waals surface area contributed by atoms with E-state index in [-0.39, 0.29) is 22.5 Å². The van der Waals surface area contributed by atoms with E-state index in [1.807, 2.05) is 32.0 Å². The van der Waals surface area contributed by atoms with Crippen LogP contribution in [0.3, 0.4) is 0 Å². The summed E-state index contributed by atoms with van der Waals surface area (Å²) in [7, 11) is 1.50. The Hall–Kier alpha value is -3.07. The van der Waals surface area contributed by atoms with Crippen LogP contribution in [0.25, 0.3) is 11.3 Å². The van der Waals surface area contributed by atoms with Gasteiger partial charge in [-0.05, 0) is 61.4 Å². The third-order valence-electron chi connectivity index (χ3n) is 4.38. The van der Waals surface area contributed by atoms with E-state index in [1.165, 1.54) is 7.11 Å². The molecule has 3 rings (SSSR count). The summed E-state index contributed by atoms with van der Waals surface area (Å²) in [6.45, 7) is 3.76. The lowest BCUT2D eigenvalue weighted by atomic mass is 10.1. The van der Waals surface area contributed by atoms with Crippen molar-refractivity contribution in [3.63, 3.8) is 0 Å². The number of rotatable bonds is 6. The molecule has 1 amide bonds. The molecule has 0 saturated heterocycles. The first-order valence-corrected chi connectivity index (χ1v) is 10.2. The van der Waals surface area contributed by atoms with E-state index < -0.39 is 11.9 Å². The van der Waals surface area contributed by atoms with E-state index in [2.05, 4.69) is 15.3 Å². The number of halogens is 3. The number of ether oxygens (including phenoxy) is 1. The van der Waals surface area contributed by atoms with Gasteiger partial charge in [-0.1, -0.05) is 23.9 Å². The van der Waals surface area contributed by atoms with Crippen molar-refractivity contribution >= 4 is 23.4 Å². The predicted molar refractivity (Wildman–Crippen MR) is 114 cm³/mol. The molecule has 9 heteroatoms. The number of nitrogens with zero attached hydrogens (tertiary/aromatic N) is 2. The minimum atomic E-state index is -4.64. The highest BCUT2D eigenvalue weighted by Crippen LogP contribution is 2.32. The second-order valence-corrected chi connectivity index (χ2v) is 7.74. The van der Waals surface area contributed by atoms with E-state index in [0.717, 1.165) is 29.0 Å². The van der Waals surface area contributed by atoms with Crippen LogP contribution in [0.2, 0.25) is 0 Å². The molecule has 3 aromatic rings. The number of methoxy groups -OCH3 is 1. The fourth-order valence-corrected chi connectivity index (χ4v) is 3.39. The zero-order valence-corrected chi connectivity index (χ0v) is 17.9. The first-order chi connectivity index (χ1) is 14.7. The molecule has 0 bridgehead atoms. The van der Waals surface area contributed by atoms with Gasteiger partial charge in [0.2, 0.25) is 5.91 Å². The molecule has 0 unspecified atom stereocenters. The lowest BCUT2D eigenvalue weighted by Gasteiger charge is -2.11. The zero-order chi connectivity index (χ0) is 22.6. The van der Waals surface area contributed by atoms with Gasteiger partial charge in [0.05, 0.1) is 18.6 Å². The summed E-state index contributed by atoms with van der Waals surface area (Å²) < 4.78 is 45.1. The van der Waals surface area contributed by atoms with Gasteiger partial charge in [0.15, 0.2) is 5.16 Å². The van der Waals surface area contributed by atoms with Crippen LogP contribution in [0.15, 0.2) is 53.7 Å². The number of alkyl halides is 3. The van der Waals surface area contributed by atoms with Crippen molar-refractivity contribution in [1.82, 2.24) is 9.97 Å². The monoisotopic (exact) mass is 447 g/mol. The Kier molecular flexibility index (Phi) is 6.84. The molecule has 0 saturated carbocycles. The quantitative estimate of drug-likeness (QED) is 0.398. The summed E-state index contributed by atoms with van der Waals surface area (Å²) in [6.07, 6.45) is -4.64. The zero-order valence-electron chi connectivity index (χ0n) is 17.1. The maximum absolute atomic E-state index is 13.4. The fourth-order valence-electron chi connectivity index (χ4n) is 2.73. The van der Waals surface area contributed by atoms with Crippen LogP contribution in [-0.4, -0.2) is 28.7 Å². The summed E-state index contributed by atoms with van der Waals surface area (Å²) in [5, 5.41) is 2.65. The van der Waals surface area contributed by atoms with E-state index in [1.54, 1.807) is 24.3 Å². The van der Waals surface area contributed by atoms with Gasteiger partial charge in [-0.15, -0.1) is 0 Å². The maximum atomic E-state index is 13.4. The van der Waals surface area contributed by atoms with Crippen molar-refractivity contribution in [2.24, 2.45) is 0 Å². The summed E-state index contributed by atoms with van der Waals surface area (Å²) in [6, 6.07) is 13.0. The van der Waals surface area contributed by atoms with Gasteiger partial charge in [0, 0.05) is 11.3 Å². The highest BCUT2D eigenvalue weighted by Gasteiger charge is 2.34. The van der Waals surface area contributed by atoms with Crippen molar-refractivity contribution in [2.75, 3.05) is 18.2 Å². The van der Waals surface area contributed by atoms with Crippen molar-refractivity contribution in [2.45, 2.75) is 25.2 Å². The largest absolute Gasteiger partial charge is 0.497 e. The molecule has 0 fully saturated rings. The average molecular weight is 447 g/mol. The highest BCUT2D eigenvalue weighted by atomic mass is 32.2. The Morgan fingerprint density at radius 3 is 2.42 bits per heavy atom. The van der Waals surface area contributed by atoms with E-state index >= 15 is 0 Å². The SMILES string of the molecule is COc1ccc(-c2cc(C(F)(F)F)nc(SCC(=O)Nc3cc(C)ccc3C)n2)cc1. The van der Waals surface area contributed by atoms with Crippen LogP contribution in [-0.2, 0) is 11.0 Å². The normalized spacial score (nSPS) is 11.3. The molecule has 1 heterocycles. The first-order valence-electron chi connectivity index (χ1n) is 9.26. The van der Waals surface area contributed by atoms with Crippen molar-refractivity contribution in [3.8, 4) is 17.0 Å². The van der Waals surface area contributed by atoms with Crippen LogP contribution < -0.4 is 10.1 Å². The lowest BCUT2D eigenvalue weighted by Crippen LogP contribution is -2.16. The molecule has 1 aromatic heterocycles. The van der Waals surface area contributed by atoms with Crippen LogP contribution >= 0.6 is 11.8 Å². The number of hydrogen-bond acceptors (Lipinski definition) is 5. The number of amides is 1. The van der Waals surface area contributed by atoms with E-state index in [0.29, 0.717) is 17.0 Å².